The van der Waals surface area contributed by atoms with Crippen LogP contribution in [0.1, 0.15) is 103 Å². The predicted octanol–water partition coefficient (Wildman–Crippen LogP) is 3.61. The summed E-state index contributed by atoms with van der Waals surface area (Å²) in [5.41, 5.74) is -0.155. The number of nitrogens with one attached hydrogen (secondary N) is 3. The van der Waals surface area contributed by atoms with Crippen molar-refractivity contribution in [2.45, 2.75) is 133 Å². The van der Waals surface area contributed by atoms with E-state index in [0.29, 0.717) is 38.8 Å². The Morgan fingerprint density at radius 1 is 1.02 bits per heavy atom. The first-order valence-corrected chi connectivity index (χ1v) is 20.0. The van der Waals surface area contributed by atoms with E-state index >= 15 is 0 Å². The van der Waals surface area contributed by atoms with Crippen molar-refractivity contribution in [2.24, 2.45) is 5.92 Å². The SMILES string of the molecule is C[C@@H]1CN(C(=O)O[C@@H]2C[C@H]3C(=O)N[C@]4(C(=O)NS(=O)(=O)C5CC5)C[C@H]4/C=C\CCCCC[C@H](NC(=O)OC(C)(C)C)C(=O)N3C2)Cc2ccccc21. The van der Waals surface area contributed by atoms with Crippen molar-refractivity contribution in [3.8, 4) is 0 Å². The fourth-order valence-corrected chi connectivity index (χ4v) is 8.88. The lowest BCUT2D eigenvalue weighted by Gasteiger charge is -2.33. The first-order valence-electron chi connectivity index (χ1n) is 18.4. The van der Waals surface area contributed by atoms with Crippen LogP contribution in [0.5, 0.6) is 0 Å². The number of benzene rings is 1. The summed E-state index contributed by atoms with van der Waals surface area (Å²) in [4.78, 5) is 71.6. The van der Waals surface area contributed by atoms with Crippen molar-refractivity contribution < 1.29 is 41.9 Å². The van der Waals surface area contributed by atoms with Gasteiger partial charge in [0.15, 0.2) is 0 Å². The highest BCUT2D eigenvalue weighted by Crippen LogP contribution is 2.46. The van der Waals surface area contributed by atoms with Gasteiger partial charge in [0.2, 0.25) is 21.8 Å². The molecule has 5 amide bonds. The average Bonchev–Trinajstić information content (AvgIpc) is 3.99. The van der Waals surface area contributed by atoms with Gasteiger partial charge in [-0.1, -0.05) is 56.2 Å². The van der Waals surface area contributed by atoms with Crippen molar-refractivity contribution in [3.05, 3.63) is 47.5 Å². The summed E-state index contributed by atoms with van der Waals surface area (Å²) >= 11 is 0. The van der Waals surface area contributed by atoms with Gasteiger partial charge >= 0.3 is 12.2 Å². The zero-order valence-electron chi connectivity index (χ0n) is 30.4. The second-order valence-electron chi connectivity index (χ2n) is 15.9. The van der Waals surface area contributed by atoms with E-state index in [1.165, 1.54) is 10.5 Å². The third kappa shape index (κ3) is 8.56. The molecule has 1 aromatic carbocycles. The molecule has 0 unspecified atom stereocenters. The van der Waals surface area contributed by atoms with Crippen LogP contribution in [0, 0.1) is 5.92 Å². The van der Waals surface area contributed by atoms with Crippen molar-refractivity contribution in [1.82, 2.24) is 25.2 Å². The summed E-state index contributed by atoms with van der Waals surface area (Å²) < 4.78 is 39.2. The lowest BCUT2D eigenvalue weighted by atomic mass is 9.91. The Labute approximate surface area is 305 Å². The van der Waals surface area contributed by atoms with E-state index in [4.69, 9.17) is 9.47 Å². The number of carbonyl (C=O) groups excluding carboxylic acids is 5. The highest BCUT2D eigenvalue weighted by atomic mass is 32.2. The molecule has 1 saturated heterocycles. The topological polar surface area (TPSA) is 181 Å². The summed E-state index contributed by atoms with van der Waals surface area (Å²) in [7, 11) is -3.90. The maximum absolute atomic E-state index is 14.4. The number of rotatable bonds is 5. The summed E-state index contributed by atoms with van der Waals surface area (Å²) in [6.07, 6.45) is 5.73. The molecule has 284 valence electrons. The van der Waals surface area contributed by atoms with Gasteiger partial charge in [0, 0.05) is 25.4 Å². The molecule has 5 aliphatic rings. The smallest absolute Gasteiger partial charge is 0.410 e. The molecule has 0 radical (unpaired) electrons. The van der Waals surface area contributed by atoms with Crippen LogP contribution in [0.3, 0.4) is 0 Å². The first kappa shape index (κ1) is 37.6. The fraction of sp³-hybridized carbons (Fsp3) is 0.649. The molecule has 0 spiro atoms. The van der Waals surface area contributed by atoms with Crippen LogP contribution in [-0.2, 0) is 40.4 Å². The highest BCUT2D eigenvalue weighted by molar-refractivity contribution is 7.91. The largest absolute Gasteiger partial charge is 0.444 e. The molecule has 6 atom stereocenters. The lowest BCUT2D eigenvalue weighted by molar-refractivity contribution is -0.141. The molecule has 3 fully saturated rings. The molecule has 3 N–H and O–H groups in total. The molecule has 3 heterocycles. The van der Waals surface area contributed by atoms with Gasteiger partial charge in [-0.25, -0.2) is 18.0 Å². The van der Waals surface area contributed by atoms with E-state index < -0.39 is 80.4 Å². The zero-order valence-corrected chi connectivity index (χ0v) is 31.2. The number of hydrogen-bond acceptors (Lipinski definition) is 9. The Morgan fingerprint density at radius 3 is 2.50 bits per heavy atom. The number of allylic oxidation sites excluding steroid dienone is 1. The highest BCUT2D eigenvalue weighted by Gasteiger charge is 2.62. The lowest BCUT2D eigenvalue weighted by Crippen LogP contribution is -2.58. The molecule has 2 aliphatic carbocycles. The fourth-order valence-electron chi connectivity index (χ4n) is 7.51. The summed E-state index contributed by atoms with van der Waals surface area (Å²) in [5.74, 6) is -2.39. The minimum Gasteiger partial charge on any atom is -0.444 e. The summed E-state index contributed by atoms with van der Waals surface area (Å²) in [6, 6.07) is 5.70. The van der Waals surface area contributed by atoms with E-state index in [9.17, 15) is 32.4 Å². The van der Waals surface area contributed by atoms with Gasteiger partial charge in [0.05, 0.1) is 11.8 Å². The van der Waals surface area contributed by atoms with Crippen LogP contribution in [0.25, 0.3) is 0 Å². The maximum Gasteiger partial charge on any atom is 0.410 e. The normalized spacial score (nSPS) is 30.3. The molecular formula is C37H51N5O9S. The predicted molar refractivity (Wildman–Crippen MR) is 190 cm³/mol. The van der Waals surface area contributed by atoms with E-state index in [-0.39, 0.29) is 31.7 Å². The molecule has 52 heavy (non-hydrogen) atoms. The zero-order chi connectivity index (χ0) is 37.4. The van der Waals surface area contributed by atoms with Gasteiger partial charge in [0.1, 0.15) is 29.3 Å². The van der Waals surface area contributed by atoms with E-state index in [2.05, 4.69) is 15.4 Å². The maximum atomic E-state index is 14.4. The summed E-state index contributed by atoms with van der Waals surface area (Å²) in [5, 5.41) is 4.90. The summed E-state index contributed by atoms with van der Waals surface area (Å²) in [6.45, 7) is 7.86. The Balaban J connectivity index is 1.25. The number of amides is 5. The molecule has 2 saturated carbocycles. The van der Waals surface area contributed by atoms with Crippen LogP contribution >= 0.6 is 0 Å². The van der Waals surface area contributed by atoms with E-state index in [1.807, 2.05) is 43.3 Å². The number of carbonyl (C=O) groups is 5. The van der Waals surface area contributed by atoms with Crippen LogP contribution < -0.4 is 15.4 Å². The molecule has 0 aromatic heterocycles. The Morgan fingerprint density at radius 2 is 1.77 bits per heavy atom. The van der Waals surface area contributed by atoms with Gasteiger partial charge in [-0.15, -0.1) is 0 Å². The quantitative estimate of drug-likeness (QED) is 0.380. The van der Waals surface area contributed by atoms with Crippen LogP contribution in [0.2, 0.25) is 0 Å². The van der Waals surface area contributed by atoms with Gasteiger partial charge in [-0.3, -0.25) is 19.1 Å². The van der Waals surface area contributed by atoms with E-state index in [1.54, 1.807) is 25.7 Å². The second kappa shape index (κ2) is 14.7. The number of hydrogen-bond donors (Lipinski definition) is 3. The van der Waals surface area contributed by atoms with Gasteiger partial charge in [0.25, 0.3) is 5.91 Å². The van der Waals surface area contributed by atoms with Crippen molar-refractivity contribution in [3.63, 3.8) is 0 Å². The number of fused-ring (bicyclic) bond motifs is 3. The Bertz CT molecular complexity index is 1720. The standard InChI is InChI=1S/C37H51N5O9S/c1-23-20-41(21-24-12-10-11-14-28(23)24)35(47)50-26-18-30-31(43)39-37(33(45)40-52(48,49)27-16-17-27)19-25(37)13-8-6-5-7-9-15-29(32(44)42(30)22-26)38-34(46)51-36(2,3)4/h8,10-14,23,25-27,29-30H,5-7,9,15-22H2,1-4H3,(H,38,46)(H,39,43)(H,40,45)/b13-8-/t23-,25-,26-,29+,30+,37-/m1/s1. The Kier molecular flexibility index (Phi) is 10.6. The number of sulfonamides is 1. The number of ether oxygens (including phenoxy) is 2. The van der Waals surface area contributed by atoms with Crippen LogP contribution in [0.4, 0.5) is 9.59 Å². The van der Waals surface area contributed by atoms with Crippen molar-refractivity contribution in [1.29, 1.82) is 0 Å². The van der Waals surface area contributed by atoms with Crippen LogP contribution in [0.15, 0.2) is 36.4 Å². The molecule has 0 bridgehead atoms. The molecule has 3 aliphatic heterocycles. The van der Waals surface area contributed by atoms with E-state index in [0.717, 1.165) is 18.4 Å². The van der Waals surface area contributed by atoms with Crippen molar-refractivity contribution >= 4 is 39.9 Å². The minimum atomic E-state index is -3.90. The molecular weight excluding hydrogens is 690 g/mol. The molecule has 6 rings (SSSR count). The number of nitrogens with zero attached hydrogens (tertiary/aromatic N) is 2. The average molecular weight is 742 g/mol. The van der Waals surface area contributed by atoms with Crippen molar-refractivity contribution in [2.75, 3.05) is 13.1 Å². The molecule has 1 aromatic rings. The third-order valence-electron chi connectivity index (χ3n) is 10.5. The molecule has 14 nitrogen and oxygen atoms in total. The molecule has 15 heteroatoms. The Hall–Kier alpha value is -4.14. The van der Waals surface area contributed by atoms with Gasteiger partial charge in [-0.05, 0) is 76.3 Å². The third-order valence-corrected chi connectivity index (χ3v) is 12.3. The minimum absolute atomic E-state index is 0.0545. The first-order chi connectivity index (χ1) is 24.6. The van der Waals surface area contributed by atoms with Gasteiger partial charge < -0.3 is 29.9 Å². The second-order valence-corrected chi connectivity index (χ2v) is 17.9. The van der Waals surface area contributed by atoms with Crippen LogP contribution in [-0.4, -0.2) is 95.8 Å². The van der Waals surface area contributed by atoms with Gasteiger partial charge in [-0.2, -0.15) is 0 Å². The number of alkyl carbamates (subject to hydrolysis) is 1. The monoisotopic (exact) mass is 741 g/mol.